The van der Waals surface area contributed by atoms with Crippen molar-refractivity contribution in [3.05, 3.63) is 18.7 Å². The highest BCUT2D eigenvalue weighted by Crippen LogP contribution is 2.33. The third-order valence-electron chi connectivity index (χ3n) is 4.78. The van der Waals surface area contributed by atoms with Crippen molar-refractivity contribution in [2.75, 3.05) is 6.54 Å². The zero-order valence-electron chi connectivity index (χ0n) is 11.0. The lowest BCUT2D eigenvalue weighted by Gasteiger charge is -2.28. The summed E-state index contributed by atoms with van der Waals surface area (Å²) in [7, 11) is 0. The van der Waals surface area contributed by atoms with Crippen LogP contribution in [0.5, 0.6) is 0 Å². The van der Waals surface area contributed by atoms with E-state index in [9.17, 15) is 0 Å². The Bertz CT molecular complexity index is 362. The first-order valence-corrected chi connectivity index (χ1v) is 7.32. The van der Waals surface area contributed by atoms with Crippen molar-refractivity contribution in [2.24, 2.45) is 11.7 Å². The van der Waals surface area contributed by atoms with Crippen molar-refractivity contribution in [3.8, 4) is 0 Å². The van der Waals surface area contributed by atoms with E-state index in [1.807, 2.05) is 12.5 Å². The van der Waals surface area contributed by atoms with Gasteiger partial charge in [-0.25, -0.2) is 4.98 Å². The molecule has 3 N–H and O–H groups in total. The molecule has 2 fully saturated rings. The molecule has 0 bridgehead atoms. The lowest BCUT2D eigenvalue weighted by molar-refractivity contribution is 0.312. The van der Waals surface area contributed by atoms with Crippen LogP contribution < -0.4 is 11.1 Å². The van der Waals surface area contributed by atoms with E-state index in [0.717, 1.165) is 6.54 Å². The molecule has 0 aromatic carbocycles. The molecule has 4 nitrogen and oxygen atoms in total. The average Bonchev–Trinajstić information content (AvgIpc) is 3.09. The van der Waals surface area contributed by atoms with Crippen LogP contribution in [0.4, 0.5) is 0 Å². The molecule has 1 aromatic rings. The maximum atomic E-state index is 5.87. The van der Waals surface area contributed by atoms with Crippen molar-refractivity contribution < 1.29 is 0 Å². The topological polar surface area (TPSA) is 55.9 Å². The van der Waals surface area contributed by atoms with Gasteiger partial charge in [-0.3, -0.25) is 0 Å². The Hall–Kier alpha value is -0.870. The average molecular weight is 248 g/mol. The molecule has 2 aliphatic carbocycles. The minimum atomic E-state index is 0.589. The quantitative estimate of drug-likeness (QED) is 0.852. The maximum absolute atomic E-state index is 5.87. The Balaban J connectivity index is 1.65. The van der Waals surface area contributed by atoms with E-state index >= 15 is 0 Å². The lowest BCUT2D eigenvalue weighted by atomic mass is 10.0. The molecular weight excluding hydrogens is 224 g/mol. The van der Waals surface area contributed by atoms with E-state index in [4.69, 9.17) is 5.73 Å². The van der Waals surface area contributed by atoms with Crippen molar-refractivity contribution in [2.45, 2.75) is 56.7 Å². The van der Waals surface area contributed by atoms with E-state index in [0.29, 0.717) is 24.0 Å². The lowest BCUT2D eigenvalue weighted by Crippen LogP contribution is -2.44. The Kier molecular flexibility index (Phi) is 3.66. The van der Waals surface area contributed by atoms with Crippen LogP contribution in [0, 0.1) is 5.92 Å². The largest absolute Gasteiger partial charge is 0.333 e. The van der Waals surface area contributed by atoms with Gasteiger partial charge in [0.25, 0.3) is 0 Å². The van der Waals surface area contributed by atoms with Crippen LogP contribution in [-0.4, -0.2) is 28.2 Å². The van der Waals surface area contributed by atoms with Crippen LogP contribution in [0.15, 0.2) is 18.7 Å². The van der Waals surface area contributed by atoms with E-state index in [1.165, 1.54) is 38.5 Å². The Labute approximate surface area is 109 Å². The summed E-state index contributed by atoms with van der Waals surface area (Å²) >= 11 is 0. The second-order valence-corrected chi connectivity index (χ2v) is 5.81. The minimum absolute atomic E-state index is 0.589. The summed E-state index contributed by atoms with van der Waals surface area (Å²) in [6.45, 7) is 0.833. The summed E-state index contributed by atoms with van der Waals surface area (Å²) < 4.78 is 2.27. The van der Waals surface area contributed by atoms with Crippen LogP contribution in [0.25, 0.3) is 0 Å². The van der Waals surface area contributed by atoms with Crippen molar-refractivity contribution in [1.29, 1.82) is 0 Å². The first-order chi connectivity index (χ1) is 8.88. The van der Waals surface area contributed by atoms with Gasteiger partial charge in [0.2, 0.25) is 0 Å². The van der Waals surface area contributed by atoms with Gasteiger partial charge >= 0.3 is 0 Å². The fraction of sp³-hybridized carbons (Fsp3) is 0.786. The zero-order valence-corrected chi connectivity index (χ0v) is 11.0. The van der Waals surface area contributed by atoms with Gasteiger partial charge in [-0.05, 0) is 44.6 Å². The normalized spacial score (nSPS) is 36.3. The molecule has 100 valence electrons. The molecule has 0 saturated heterocycles. The summed E-state index contributed by atoms with van der Waals surface area (Å²) in [5.41, 5.74) is 5.87. The fourth-order valence-corrected chi connectivity index (χ4v) is 3.77. The number of hydrogen-bond acceptors (Lipinski definition) is 3. The van der Waals surface area contributed by atoms with Gasteiger partial charge in [-0.2, -0.15) is 0 Å². The second kappa shape index (κ2) is 5.41. The predicted octanol–water partition coefficient (Wildman–Crippen LogP) is 1.69. The molecule has 1 heterocycles. The highest BCUT2D eigenvalue weighted by Gasteiger charge is 2.33. The number of aromatic nitrogens is 2. The first kappa shape index (κ1) is 12.2. The van der Waals surface area contributed by atoms with Crippen molar-refractivity contribution in [1.82, 2.24) is 14.9 Å². The van der Waals surface area contributed by atoms with Gasteiger partial charge in [0, 0.05) is 30.5 Å². The molecular formula is C14H24N4. The SMILES string of the molecule is NCC1CCCC1NC1CCCC1n1ccnc1. The zero-order chi connectivity index (χ0) is 12.4. The molecule has 3 rings (SSSR count). The van der Waals surface area contributed by atoms with Crippen LogP contribution >= 0.6 is 0 Å². The van der Waals surface area contributed by atoms with Crippen LogP contribution in [0.3, 0.4) is 0 Å². The first-order valence-electron chi connectivity index (χ1n) is 7.32. The Morgan fingerprint density at radius 3 is 2.78 bits per heavy atom. The summed E-state index contributed by atoms with van der Waals surface area (Å²) in [5.74, 6) is 0.689. The van der Waals surface area contributed by atoms with Gasteiger partial charge < -0.3 is 15.6 Å². The fourth-order valence-electron chi connectivity index (χ4n) is 3.77. The Morgan fingerprint density at radius 2 is 2.00 bits per heavy atom. The maximum Gasteiger partial charge on any atom is 0.0949 e. The Morgan fingerprint density at radius 1 is 1.17 bits per heavy atom. The van der Waals surface area contributed by atoms with E-state index in [-0.39, 0.29) is 0 Å². The number of imidazole rings is 1. The van der Waals surface area contributed by atoms with Gasteiger partial charge in [0.05, 0.1) is 6.33 Å². The number of nitrogens with two attached hydrogens (primary N) is 1. The molecule has 1 aromatic heterocycles. The summed E-state index contributed by atoms with van der Waals surface area (Å²) in [4.78, 5) is 4.18. The highest BCUT2D eigenvalue weighted by molar-refractivity contribution is 4.95. The molecule has 4 unspecified atom stereocenters. The van der Waals surface area contributed by atoms with Crippen LogP contribution in [-0.2, 0) is 0 Å². The monoisotopic (exact) mass is 248 g/mol. The molecule has 2 aliphatic rings. The molecule has 0 radical (unpaired) electrons. The molecule has 4 atom stereocenters. The van der Waals surface area contributed by atoms with Crippen molar-refractivity contribution >= 4 is 0 Å². The molecule has 2 saturated carbocycles. The summed E-state index contributed by atoms with van der Waals surface area (Å²) in [6, 6.07) is 1.84. The van der Waals surface area contributed by atoms with E-state index < -0.39 is 0 Å². The minimum Gasteiger partial charge on any atom is -0.333 e. The molecule has 0 aliphatic heterocycles. The summed E-state index contributed by atoms with van der Waals surface area (Å²) in [6.07, 6.45) is 13.8. The van der Waals surface area contributed by atoms with Gasteiger partial charge in [0.15, 0.2) is 0 Å². The van der Waals surface area contributed by atoms with Gasteiger partial charge in [0.1, 0.15) is 0 Å². The van der Waals surface area contributed by atoms with Crippen LogP contribution in [0.1, 0.15) is 44.6 Å². The standard InChI is InChI=1S/C14H24N4/c15-9-11-3-1-4-12(11)17-13-5-2-6-14(13)18-8-7-16-10-18/h7-8,10-14,17H,1-6,9,15H2. The number of rotatable bonds is 4. The molecule has 18 heavy (non-hydrogen) atoms. The third kappa shape index (κ3) is 2.31. The molecule has 0 spiro atoms. The van der Waals surface area contributed by atoms with Gasteiger partial charge in [-0.15, -0.1) is 0 Å². The van der Waals surface area contributed by atoms with E-state index in [1.54, 1.807) is 0 Å². The highest BCUT2D eigenvalue weighted by atomic mass is 15.1. The van der Waals surface area contributed by atoms with E-state index in [2.05, 4.69) is 21.1 Å². The summed E-state index contributed by atoms with van der Waals surface area (Å²) in [5, 5.41) is 3.89. The number of nitrogens with zero attached hydrogens (tertiary/aromatic N) is 2. The number of hydrogen-bond donors (Lipinski definition) is 2. The smallest absolute Gasteiger partial charge is 0.0949 e. The van der Waals surface area contributed by atoms with Crippen LogP contribution in [0.2, 0.25) is 0 Å². The predicted molar refractivity (Wildman–Crippen MR) is 72.2 cm³/mol. The number of nitrogens with one attached hydrogen (secondary N) is 1. The third-order valence-corrected chi connectivity index (χ3v) is 4.78. The molecule has 4 heteroatoms. The van der Waals surface area contributed by atoms with Crippen molar-refractivity contribution in [3.63, 3.8) is 0 Å². The van der Waals surface area contributed by atoms with Gasteiger partial charge in [-0.1, -0.05) is 6.42 Å². The second-order valence-electron chi connectivity index (χ2n) is 5.81. The molecule has 0 amide bonds.